The maximum absolute atomic E-state index is 13.3. The lowest BCUT2D eigenvalue weighted by Crippen LogP contribution is -2.50. The first-order chi connectivity index (χ1) is 16.7. The number of rotatable bonds is 6. The molecule has 2 aliphatic heterocycles. The van der Waals surface area contributed by atoms with Gasteiger partial charge in [0.15, 0.2) is 0 Å². The first kappa shape index (κ1) is 22.9. The predicted molar refractivity (Wildman–Crippen MR) is 134 cm³/mol. The average Bonchev–Trinajstić information content (AvgIpc) is 3.38. The smallest absolute Gasteiger partial charge is 0.253 e. The molecule has 3 heterocycles. The Balaban J connectivity index is 1.35. The van der Waals surface area contributed by atoms with Crippen molar-refractivity contribution in [1.82, 2.24) is 14.8 Å². The number of likely N-dealkylation sites (tertiary alicyclic amines) is 1. The van der Waals surface area contributed by atoms with E-state index in [2.05, 4.69) is 34.3 Å². The van der Waals surface area contributed by atoms with E-state index in [9.17, 15) is 4.79 Å². The highest BCUT2D eigenvalue weighted by atomic mass is 16.5. The van der Waals surface area contributed by atoms with E-state index in [0.29, 0.717) is 17.4 Å². The van der Waals surface area contributed by atoms with E-state index in [1.54, 1.807) is 7.11 Å². The number of aromatic nitrogens is 1. The Bertz CT molecular complexity index is 1070. The summed E-state index contributed by atoms with van der Waals surface area (Å²) in [6.07, 6.45) is 9.08. The molecule has 34 heavy (non-hydrogen) atoms. The molecule has 180 valence electrons. The molecule has 0 saturated carbocycles. The molecule has 0 radical (unpaired) electrons. The van der Waals surface area contributed by atoms with Crippen LogP contribution in [0.5, 0.6) is 5.75 Å². The fourth-order valence-electron chi connectivity index (χ4n) is 5.37. The summed E-state index contributed by atoms with van der Waals surface area (Å²) in [5, 5.41) is 3.51. The molecule has 1 N–H and O–H groups in total. The molecule has 3 aliphatic rings. The summed E-state index contributed by atoms with van der Waals surface area (Å²) in [6.45, 7) is 8.12. The topological polar surface area (TPSA) is 66.9 Å². The molecule has 2 saturated heterocycles. The van der Waals surface area contributed by atoms with Crippen molar-refractivity contribution in [1.29, 1.82) is 0 Å². The lowest BCUT2D eigenvalue weighted by molar-refractivity contribution is 0.00159. The number of methoxy groups -OCH3 is 1. The third-order valence-corrected chi connectivity index (χ3v) is 7.20. The number of ether oxygens (including phenoxy) is 2. The molecule has 1 amide bonds. The van der Waals surface area contributed by atoms with Crippen LogP contribution in [-0.2, 0) is 11.2 Å². The van der Waals surface area contributed by atoms with E-state index in [0.717, 1.165) is 93.3 Å². The van der Waals surface area contributed by atoms with E-state index in [1.807, 2.05) is 29.3 Å². The lowest BCUT2D eigenvalue weighted by atomic mass is 9.98. The molecule has 2 fully saturated rings. The minimum atomic E-state index is 0.0761. The number of fused-ring (bicyclic) bond motifs is 1. The van der Waals surface area contributed by atoms with Crippen molar-refractivity contribution in [3.63, 3.8) is 0 Å². The summed E-state index contributed by atoms with van der Waals surface area (Å²) in [4.78, 5) is 22.5. The summed E-state index contributed by atoms with van der Waals surface area (Å²) in [5.74, 6) is 0.768. The van der Waals surface area contributed by atoms with Crippen LogP contribution in [0.15, 0.2) is 30.5 Å². The van der Waals surface area contributed by atoms with E-state index in [1.165, 1.54) is 0 Å². The molecule has 0 atom stereocenters. The summed E-state index contributed by atoms with van der Waals surface area (Å²) in [7, 11) is 1.66. The summed E-state index contributed by atoms with van der Waals surface area (Å²) >= 11 is 0. The van der Waals surface area contributed by atoms with Gasteiger partial charge in [0.1, 0.15) is 5.75 Å². The Morgan fingerprint density at radius 3 is 2.71 bits per heavy atom. The summed E-state index contributed by atoms with van der Waals surface area (Å²) in [6, 6.07) is 6.35. The monoisotopic (exact) mass is 462 g/mol. The highest BCUT2D eigenvalue weighted by Crippen LogP contribution is 2.40. The van der Waals surface area contributed by atoms with Crippen molar-refractivity contribution >= 4 is 17.7 Å². The molecule has 7 nitrogen and oxygen atoms in total. The number of carbonyl (C=O) groups excluding carboxylic acids is 1. The molecule has 5 rings (SSSR count). The van der Waals surface area contributed by atoms with Crippen LogP contribution in [0, 0.1) is 0 Å². The van der Waals surface area contributed by atoms with Gasteiger partial charge in [0.2, 0.25) is 0 Å². The first-order valence-electron chi connectivity index (χ1n) is 12.4. The van der Waals surface area contributed by atoms with Gasteiger partial charge >= 0.3 is 0 Å². The van der Waals surface area contributed by atoms with Crippen LogP contribution in [0.1, 0.15) is 41.4 Å². The highest BCUT2D eigenvalue weighted by Gasteiger charge is 2.29. The van der Waals surface area contributed by atoms with E-state index < -0.39 is 0 Å². The Hall–Kier alpha value is -2.90. The zero-order chi connectivity index (χ0) is 23.5. The lowest BCUT2D eigenvalue weighted by Gasteiger charge is -2.40. The van der Waals surface area contributed by atoms with E-state index in [4.69, 9.17) is 9.47 Å². The van der Waals surface area contributed by atoms with Crippen LogP contribution in [0.2, 0.25) is 0 Å². The van der Waals surface area contributed by atoms with Crippen molar-refractivity contribution in [3.8, 4) is 16.9 Å². The van der Waals surface area contributed by atoms with Gasteiger partial charge < -0.3 is 19.7 Å². The fraction of sp³-hybridized carbons (Fsp3) is 0.481. The maximum Gasteiger partial charge on any atom is 0.253 e. The van der Waals surface area contributed by atoms with Crippen molar-refractivity contribution in [2.75, 3.05) is 58.4 Å². The highest BCUT2D eigenvalue weighted by molar-refractivity contribution is 5.96. The van der Waals surface area contributed by atoms with Gasteiger partial charge in [0, 0.05) is 73.6 Å². The first-order valence-corrected chi connectivity index (χ1v) is 12.4. The number of anilines is 1. The number of morpholine rings is 1. The number of amides is 1. The van der Waals surface area contributed by atoms with Crippen molar-refractivity contribution < 1.29 is 14.3 Å². The third-order valence-electron chi connectivity index (χ3n) is 7.20. The van der Waals surface area contributed by atoms with Crippen molar-refractivity contribution in [2.24, 2.45) is 0 Å². The second-order valence-electron chi connectivity index (χ2n) is 9.13. The number of nitrogens with zero attached hydrogens (tertiary/aromatic N) is 3. The molecular formula is C27H34N4O3. The van der Waals surface area contributed by atoms with Crippen LogP contribution in [0.3, 0.4) is 0 Å². The molecule has 0 spiro atoms. The number of nitrogens with one attached hydrogen (secondary N) is 1. The Morgan fingerprint density at radius 1 is 1.18 bits per heavy atom. The zero-order valence-corrected chi connectivity index (χ0v) is 20.2. The molecule has 1 aromatic carbocycles. The largest absolute Gasteiger partial charge is 0.496 e. The normalized spacial score (nSPS) is 18.7. The maximum atomic E-state index is 13.3. The number of piperidine rings is 1. The molecular weight excluding hydrogens is 428 g/mol. The average molecular weight is 463 g/mol. The third kappa shape index (κ3) is 4.42. The Kier molecular flexibility index (Phi) is 6.83. The van der Waals surface area contributed by atoms with Gasteiger partial charge in [-0.15, -0.1) is 0 Å². The summed E-state index contributed by atoms with van der Waals surface area (Å²) in [5.41, 5.74) is 5.91. The number of pyridine rings is 1. The van der Waals surface area contributed by atoms with E-state index >= 15 is 0 Å². The van der Waals surface area contributed by atoms with Gasteiger partial charge in [-0.25, -0.2) is 0 Å². The molecule has 1 aliphatic carbocycles. The molecule has 7 heteroatoms. The number of carbonyl (C=O) groups is 1. The zero-order valence-electron chi connectivity index (χ0n) is 20.2. The quantitative estimate of drug-likeness (QED) is 0.706. The number of hydrogen-bond donors (Lipinski definition) is 1. The SMILES string of the molecule is CCNc1c(-c2ccc(C(=O)N3CCC(N4CCOCC4)CC3)cc2OC)cnc2c1C=CC2. The molecule has 1 aromatic heterocycles. The van der Waals surface area contributed by atoms with Crippen LogP contribution in [0.4, 0.5) is 5.69 Å². The Morgan fingerprint density at radius 2 is 1.97 bits per heavy atom. The standard InChI is InChI=1S/C27H34N4O3/c1-3-28-26-22-5-4-6-24(22)29-18-23(26)21-8-7-19(17-25(21)33-2)27(32)31-11-9-20(10-12-31)30-13-15-34-16-14-30/h4-5,7-8,17-18,20H,3,6,9-16H2,1-2H3,(H,28,29). The van der Waals surface area contributed by atoms with Gasteiger partial charge in [-0.05, 0) is 38.0 Å². The molecule has 2 aromatic rings. The van der Waals surface area contributed by atoms with Crippen LogP contribution in [0.25, 0.3) is 17.2 Å². The Labute approximate surface area is 201 Å². The molecule has 0 bridgehead atoms. The van der Waals surface area contributed by atoms with Gasteiger partial charge in [-0.1, -0.05) is 12.2 Å². The minimum Gasteiger partial charge on any atom is -0.496 e. The van der Waals surface area contributed by atoms with Crippen LogP contribution in [-0.4, -0.2) is 79.8 Å². The van der Waals surface area contributed by atoms with Crippen molar-refractivity contribution in [2.45, 2.75) is 32.2 Å². The van der Waals surface area contributed by atoms with Crippen molar-refractivity contribution in [3.05, 3.63) is 47.3 Å². The van der Waals surface area contributed by atoms with Crippen LogP contribution < -0.4 is 10.1 Å². The second-order valence-corrected chi connectivity index (χ2v) is 9.13. The van der Waals surface area contributed by atoms with Crippen LogP contribution >= 0.6 is 0 Å². The molecule has 0 unspecified atom stereocenters. The van der Waals surface area contributed by atoms with Gasteiger partial charge in [0.25, 0.3) is 5.91 Å². The summed E-state index contributed by atoms with van der Waals surface area (Å²) < 4.78 is 11.2. The van der Waals surface area contributed by atoms with Gasteiger partial charge in [-0.3, -0.25) is 14.7 Å². The number of hydrogen-bond acceptors (Lipinski definition) is 6. The predicted octanol–water partition coefficient (Wildman–Crippen LogP) is 3.70. The van der Waals surface area contributed by atoms with Gasteiger partial charge in [0.05, 0.1) is 31.7 Å². The number of allylic oxidation sites excluding steroid dienone is 1. The van der Waals surface area contributed by atoms with Gasteiger partial charge in [-0.2, -0.15) is 0 Å². The fourth-order valence-corrected chi connectivity index (χ4v) is 5.37. The number of benzene rings is 1. The second kappa shape index (κ2) is 10.2. The van der Waals surface area contributed by atoms with E-state index in [-0.39, 0.29) is 5.91 Å². The minimum absolute atomic E-state index is 0.0761.